The molecular weight excluding hydrogens is 276 g/mol. The summed E-state index contributed by atoms with van der Waals surface area (Å²) in [6.45, 7) is 2.23. The van der Waals surface area contributed by atoms with E-state index in [0.717, 1.165) is 22.4 Å². The maximum Gasteiger partial charge on any atom is 0.261 e. The van der Waals surface area contributed by atoms with Crippen LogP contribution < -0.4 is 5.56 Å². The molecule has 0 saturated carbocycles. The van der Waals surface area contributed by atoms with Crippen molar-refractivity contribution < 1.29 is 0 Å². The molecule has 5 heteroatoms. The van der Waals surface area contributed by atoms with Crippen molar-refractivity contribution in [3.05, 3.63) is 70.5 Å². The van der Waals surface area contributed by atoms with Gasteiger partial charge in [0.25, 0.3) is 5.56 Å². The molecule has 108 valence electrons. The summed E-state index contributed by atoms with van der Waals surface area (Å²) in [5.74, 6) is 1.44. The van der Waals surface area contributed by atoms with E-state index >= 15 is 0 Å². The lowest BCUT2D eigenvalue weighted by molar-refractivity contribution is 0.687. The summed E-state index contributed by atoms with van der Waals surface area (Å²) >= 11 is 0. The molecule has 1 N–H and O–H groups in total. The number of nitrogens with zero attached hydrogens (tertiary/aromatic N) is 3. The molecule has 0 saturated heterocycles. The summed E-state index contributed by atoms with van der Waals surface area (Å²) in [5.41, 5.74) is 2.56. The lowest BCUT2D eigenvalue weighted by Gasteiger charge is -2.09. The van der Waals surface area contributed by atoms with E-state index < -0.39 is 0 Å². The van der Waals surface area contributed by atoms with Gasteiger partial charge in [-0.3, -0.25) is 9.36 Å². The molecule has 4 rings (SSSR count). The monoisotopic (exact) mass is 290 g/mol. The normalized spacial score (nSPS) is 11.3. The van der Waals surface area contributed by atoms with E-state index in [2.05, 4.69) is 15.0 Å². The first-order valence-corrected chi connectivity index (χ1v) is 7.12. The molecule has 0 unspecified atom stereocenters. The Hall–Kier alpha value is -2.95. The summed E-state index contributed by atoms with van der Waals surface area (Å²) in [6.07, 6.45) is 0. The van der Waals surface area contributed by atoms with Gasteiger partial charge in [0.15, 0.2) is 0 Å². The molecule has 0 radical (unpaired) electrons. The number of aromatic amines is 1. The summed E-state index contributed by atoms with van der Waals surface area (Å²) in [6, 6.07) is 15.2. The van der Waals surface area contributed by atoms with Crippen LogP contribution in [-0.4, -0.2) is 19.5 Å². The zero-order valence-corrected chi connectivity index (χ0v) is 12.1. The van der Waals surface area contributed by atoms with Crippen LogP contribution in [0.3, 0.4) is 0 Å². The molecule has 0 aliphatic heterocycles. The Balaban J connectivity index is 1.85. The minimum atomic E-state index is -0.0384. The predicted molar refractivity (Wildman–Crippen MR) is 85.9 cm³/mol. The highest BCUT2D eigenvalue weighted by molar-refractivity contribution is 5.77. The van der Waals surface area contributed by atoms with Crippen LogP contribution in [0.5, 0.6) is 0 Å². The van der Waals surface area contributed by atoms with Gasteiger partial charge in [-0.05, 0) is 31.2 Å². The number of hydrogen-bond donors (Lipinski definition) is 1. The molecule has 2 aromatic heterocycles. The summed E-state index contributed by atoms with van der Waals surface area (Å²) in [4.78, 5) is 24.9. The number of hydrogen-bond acceptors (Lipinski definition) is 3. The SMILES string of the molecule is Cc1nc2ccccc2c(=O)n1Cc1nc2ccccc2[nH]1. The second kappa shape index (κ2) is 4.80. The van der Waals surface area contributed by atoms with E-state index in [4.69, 9.17) is 0 Å². The number of nitrogens with one attached hydrogen (secondary N) is 1. The maximum atomic E-state index is 12.7. The molecule has 2 heterocycles. The van der Waals surface area contributed by atoms with Crippen LogP contribution in [0.15, 0.2) is 53.3 Å². The molecule has 0 fully saturated rings. The molecule has 5 nitrogen and oxygen atoms in total. The van der Waals surface area contributed by atoms with E-state index in [1.54, 1.807) is 10.6 Å². The average Bonchev–Trinajstić information content (AvgIpc) is 2.94. The largest absolute Gasteiger partial charge is 0.340 e. The molecule has 2 aromatic carbocycles. The Kier molecular flexibility index (Phi) is 2.79. The quantitative estimate of drug-likeness (QED) is 0.617. The van der Waals surface area contributed by atoms with Crippen LogP contribution in [0.1, 0.15) is 11.6 Å². The Labute approximate surface area is 126 Å². The molecule has 0 amide bonds. The zero-order chi connectivity index (χ0) is 15.1. The summed E-state index contributed by atoms with van der Waals surface area (Å²) < 4.78 is 1.65. The van der Waals surface area contributed by atoms with E-state index in [0.29, 0.717) is 17.8 Å². The first-order chi connectivity index (χ1) is 10.7. The zero-order valence-electron chi connectivity index (χ0n) is 12.1. The highest BCUT2D eigenvalue weighted by atomic mass is 16.1. The van der Waals surface area contributed by atoms with Crippen molar-refractivity contribution in [2.45, 2.75) is 13.5 Å². The number of H-pyrrole nitrogens is 1. The van der Waals surface area contributed by atoms with Gasteiger partial charge < -0.3 is 4.98 Å². The van der Waals surface area contributed by atoms with Gasteiger partial charge in [-0.2, -0.15) is 0 Å². The van der Waals surface area contributed by atoms with Crippen LogP contribution in [0.4, 0.5) is 0 Å². The van der Waals surface area contributed by atoms with E-state index in [1.165, 1.54) is 0 Å². The van der Waals surface area contributed by atoms with Gasteiger partial charge in [0.2, 0.25) is 0 Å². The van der Waals surface area contributed by atoms with Gasteiger partial charge >= 0.3 is 0 Å². The molecule has 4 aromatic rings. The molecule has 0 atom stereocenters. The van der Waals surface area contributed by atoms with Crippen LogP contribution in [-0.2, 0) is 6.54 Å². The minimum absolute atomic E-state index is 0.0384. The molecular formula is C17H14N4O. The lowest BCUT2D eigenvalue weighted by Crippen LogP contribution is -2.24. The first kappa shape index (κ1) is 12.8. The number of aromatic nitrogens is 4. The number of benzene rings is 2. The minimum Gasteiger partial charge on any atom is -0.340 e. The van der Waals surface area contributed by atoms with Crippen molar-refractivity contribution in [2.24, 2.45) is 0 Å². The van der Waals surface area contributed by atoms with Gasteiger partial charge in [-0.1, -0.05) is 24.3 Å². The van der Waals surface area contributed by atoms with Gasteiger partial charge in [-0.15, -0.1) is 0 Å². The van der Waals surface area contributed by atoms with Crippen molar-refractivity contribution in [2.75, 3.05) is 0 Å². The van der Waals surface area contributed by atoms with Crippen LogP contribution in [0.2, 0.25) is 0 Å². The van der Waals surface area contributed by atoms with Crippen molar-refractivity contribution in [3.63, 3.8) is 0 Å². The fraction of sp³-hybridized carbons (Fsp3) is 0.118. The number of imidazole rings is 1. The van der Waals surface area contributed by atoms with Crippen LogP contribution in [0.25, 0.3) is 21.9 Å². The number of para-hydroxylation sites is 3. The van der Waals surface area contributed by atoms with Gasteiger partial charge in [0, 0.05) is 0 Å². The highest BCUT2D eigenvalue weighted by Gasteiger charge is 2.10. The van der Waals surface area contributed by atoms with E-state index in [1.807, 2.05) is 49.4 Å². The number of fused-ring (bicyclic) bond motifs is 2. The summed E-state index contributed by atoms with van der Waals surface area (Å²) in [5, 5.41) is 0.629. The molecule has 0 spiro atoms. The second-order valence-corrected chi connectivity index (χ2v) is 5.27. The number of aryl methyl sites for hydroxylation is 1. The third-order valence-corrected chi connectivity index (χ3v) is 3.80. The highest BCUT2D eigenvalue weighted by Crippen LogP contribution is 2.12. The van der Waals surface area contributed by atoms with Gasteiger partial charge in [-0.25, -0.2) is 9.97 Å². The fourth-order valence-corrected chi connectivity index (χ4v) is 2.70. The molecule has 0 aliphatic rings. The summed E-state index contributed by atoms with van der Waals surface area (Å²) in [7, 11) is 0. The van der Waals surface area contributed by atoms with Crippen LogP contribution in [0, 0.1) is 6.92 Å². The van der Waals surface area contributed by atoms with Gasteiger partial charge in [0.05, 0.1) is 28.5 Å². The third-order valence-electron chi connectivity index (χ3n) is 3.80. The predicted octanol–water partition coefficient (Wildman–Crippen LogP) is 2.63. The molecule has 22 heavy (non-hydrogen) atoms. The van der Waals surface area contributed by atoms with Crippen LogP contribution >= 0.6 is 0 Å². The van der Waals surface area contributed by atoms with E-state index in [-0.39, 0.29) is 5.56 Å². The second-order valence-electron chi connectivity index (χ2n) is 5.27. The topological polar surface area (TPSA) is 63.6 Å². The Morgan fingerprint density at radius 3 is 2.55 bits per heavy atom. The Morgan fingerprint density at radius 2 is 1.73 bits per heavy atom. The lowest BCUT2D eigenvalue weighted by atomic mass is 10.2. The van der Waals surface area contributed by atoms with Crippen molar-refractivity contribution in [1.29, 1.82) is 0 Å². The number of rotatable bonds is 2. The third kappa shape index (κ3) is 1.98. The average molecular weight is 290 g/mol. The van der Waals surface area contributed by atoms with E-state index in [9.17, 15) is 4.79 Å². The fourth-order valence-electron chi connectivity index (χ4n) is 2.70. The molecule has 0 bridgehead atoms. The Morgan fingerprint density at radius 1 is 1.00 bits per heavy atom. The Bertz CT molecular complexity index is 1010. The van der Waals surface area contributed by atoms with Crippen molar-refractivity contribution >= 4 is 21.9 Å². The van der Waals surface area contributed by atoms with Crippen molar-refractivity contribution in [1.82, 2.24) is 19.5 Å². The smallest absolute Gasteiger partial charge is 0.261 e. The van der Waals surface area contributed by atoms with Gasteiger partial charge in [0.1, 0.15) is 11.6 Å². The first-order valence-electron chi connectivity index (χ1n) is 7.12. The van der Waals surface area contributed by atoms with Crippen molar-refractivity contribution in [3.8, 4) is 0 Å². The molecule has 0 aliphatic carbocycles. The standard InChI is InChI=1S/C17H14N4O/c1-11-18-13-7-3-2-6-12(13)17(22)21(11)10-16-19-14-8-4-5-9-15(14)20-16/h2-9H,10H2,1H3,(H,19,20). The maximum absolute atomic E-state index is 12.7.